The third-order valence-corrected chi connectivity index (χ3v) is 6.62. The molecule has 7 nitrogen and oxygen atoms in total. The van der Waals surface area contributed by atoms with E-state index in [1.165, 1.54) is 5.57 Å². The molecule has 2 rings (SSSR count). The van der Waals surface area contributed by atoms with Gasteiger partial charge in [0.15, 0.2) is 0 Å². The molecule has 2 fully saturated rings. The van der Waals surface area contributed by atoms with Gasteiger partial charge in [-0.1, -0.05) is 46.3 Å². The Bertz CT molecular complexity index is 585. The summed E-state index contributed by atoms with van der Waals surface area (Å²) in [5, 5.41) is 13.7. The topological polar surface area (TPSA) is 89.6 Å². The summed E-state index contributed by atoms with van der Waals surface area (Å²) in [6.45, 7) is 15.2. The number of aliphatic hydroxyl groups is 1. The van der Waals surface area contributed by atoms with Crippen molar-refractivity contribution in [2.45, 2.75) is 97.7 Å². The average molecular weight is 458 g/mol. The number of allylic oxidation sites excluding steroid dienone is 1. The van der Waals surface area contributed by atoms with E-state index in [1.54, 1.807) is 14.2 Å². The first-order valence-electron chi connectivity index (χ1n) is 12.1. The van der Waals surface area contributed by atoms with Crippen molar-refractivity contribution in [2.75, 3.05) is 27.4 Å². The molecule has 4 unspecified atom stereocenters. The van der Waals surface area contributed by atoms with Gasteiger partial charge in [0.05, 0.1) is 31.0 Å². The van der Waals surface area contributed by atoms with Crippen molar-refractivity contribution in [3.05, 3.63) is 11.6 Å². The number of aliphatic hydroxyl groups excluding tert-OH is 1. The van der Waals surface area contributed by atoms with E-state index in [0.717, 1.165) is 6.42 Å². The first-order chi connectivity index (χ1) is 15.1. The quantitative estimate of drug-likeness (QED) is 0.375. The lowest BCUT2D eigenvalue weighted by atomic mass is 9.68. The van der Waals surface area contributed by atoms with E-state index in [-0.39, 0.29) is 41.6 Å². The third kappa shape index (κ3) is 7.72. The maximum atomic E-state index is 12.6. The number of ether oxygens (including phenoxy) is 4. The molecule has 0 aromatic heterocycles. The number of carbonyl (C=O) groups excluding carboxylic acids is 1. The second kappa shape index (κ2) is 13.5. The molecular formula is C25H47NO6. The van der Waals surface area contributed by atoms with Gasteiger partial charge in [-0.05, 0) is 44.9 Å². The number of hydrogen-bond acceptors (Lipinski definition) is 6. The van der Waals surface area contributed by atoms with Gasteiger partial charge in [0.2, 0.25) is 0 Å². The number of hydrogen-bond donors (Lipinski definition) is 2. The lowest BCUT2D eigenvalue weighted by molar-refractivity contribution is -0.127. The minimum absolute atomic E-state index is 0.0468. The normalized spacial score (nSPS) is 29.4. The van der Waals surface area contributed by atoms with E-state index in [1.807, 2.05) is 48.5 Å². The van der Waals surface area contributed by atoms with Gasteiger partial charge in [0, 0.05) is 20.1 Å². The minimum atomic E-state index is -0.511. The van der Waals surface area contributed by atoms with Crippen molar-refractivity contribution < 1.29 is 28.8 Å². The fourth-order valence-electron chi connectivity index (χ4n) is 4.59. The van der Waals surface area contributed by atoms with Gasteiger partial charge < -0.3 is 29.4 Å². The largest absolute Gasteiger partial charge is 0.443 e. The number of nitrogens with one attached hydrogen (secondary N) is 1. The van der Waals surface area contributed by atoms with Crippen molar-refractivity contribution in [3.63, 3.8) is 0 Å². The molecule has 7 heteroatoms. The van der Waals surface area contributed by atoms with Crippen LogP contribution in [0.25, 0.3) is 0 Å². The SMILES string of the molecule is CC.COC[C@H](NC(=O)OC1CC[C@]2(CO2)C(C(C)[C@H](O)CC=C(C)C)C1OC)C(C)C. The fraction of sp³-hybridized carbons (Fsp3) is 0.880. The lowest BCUT2D eigenvalue weighted by Crippen LogP contribution is -2.55. The summed E-state index contributed by atoms with van der Waals surface area (Å²) in [5.41, 5.74) is 0.901. The summed E-state index contributed by atoms with van der Waals surface area (Å²) < 4.78 is 22.8. The predicted octanol–water partition coefficient (Wildman–Crippen LogP) is 4.33. The molecule has 2 aliphatic rings. The van der Waals surface area contributed by atoms with Crippen molar-refractivity contribution >= 4 is 6.09 Å². The molecule has 1 amide bonds. The molecule has 0 aromatic carbocycles. The molecule has 7 atom stereocenters. The zero-order valence-corrected chi connectivity index (χ0v) is 21.6. The van der Waals surface area contributed by atoms with Gasteiger partial charge >= 0.3 is 6.09 Å². The fourth-order valence-corrected chi connectivity index (χ4v) is 4.59. The highest BCUT2D eigenvalue weighted by Crippen LogP contribution is 2.51. The van der Waals surface area contributed by atoms with Crippen molar-refractivity contribution in [1.29, 1.82) is 0 Å². The minimum Gasteiger partial charge on any atom is -0.443 e. The van der Waals surface area contributed by atoms with Crippen LogP contribution >= 0.6 is 0 Å². The van der Waals surface area contributed by atoms with Crippen LogP contribution in [0.1, 0.15) is 67.7 Å². The van der Waals surface area contributed by atoms with E-state index in [4.69, 9.17) is 18.9 Å². The molecule has 0 bridgehead atoms. The number of amides is 1. The predicted molar refractivity (Wildman–Crippen MR) is 127 cm³/mol. The highest BCUT2D eigenvalue weighted by molar-refractivity contribution is 5.68. The number of epoxide rings is 1. The van der Waals surface area contributed by atoms with Crippen molar-refractivity contribution in [2.24, 2.45) is 17.8 Å². The third-order valence-electron chi connectivity index (χ3n) is 6.62. The molecule has 32 heavy (non-hydrogen) atoms. The van der Waals surface area contributed by atoms with Gasteiger partial charge in [-0.15, -0.1) is 0 Å². The maximum absolute atomic E-state index is 12.6. The second-order valence-electron chi connectivity index (χ2n) is 9.46. The summed E-state index contributed by atoms with van der Waals surface area (Å²) in [6, 6.07) is -0.120. The highest BCUT2D eigenvalue weighted by atomic mass is 16.6. The van der Waals surface area contributed by atoms with Gasteiger partial charge in [-0.25, -0.2) is 4.79 Å². The van der Waals surface area contributed by atoms with Crippen LogP contribution in [-0.2, 0) is 18.9 Å². The lowest BCUT2D eigenvalue weighted by Gasteiger charge is -2.44. The van der Waals surface area contributed by atoms with Crippen LogP contribution in [0, 0.1) is 17.8 Å². The Morgan fingerprint density at radius 1 is 1.25 bits per heavy atom. The van der Waals surface area contributed by atoms with Crippen LogP contribution in [0.3, 0.4) is 0 Å². The Morgan fingerprint density at radius 3 is 2.34 bits per heavy atom. The summed E-state index contributed by atoms with van der Waals surface area (Å²) >= 11 is 0. The zero-order chi connectivity index (χ0) is 24.5. The van der Waals surface area contributed by atoms with Crippen LogP contribution < -0.4 is 5.32 Å². The molecule has 2 N–H and O–H groups in total. The van der Waals surface area contributed by atoms with Crippen molar-refractivity contribution in [3.8, 4) is 0 Å². The van der Waals surface area contributed by atoms with Crippen molar-refractivity contribution in [1.82, 2.24) is 5.32 Å². The van der Waals surface area contributed by atoms with Crippen LogP contribution in [0.4, 0.5) is 4.79 Å². The Morgan fingerprint density at radius 2 is 1.88 bits per heavy atom. The summed E-state index contributed by atoms with van der Waals surface area (Å²) in [6.07, 6.45) is 2.43. The molecule has 1 spiro atoms. The Labute approximate surface area is 195 Å². The standard InChI is InChI=1S/C23H41NO6.C2H6/c1-14(2)8-9-18(25)16(5)20-21(28-7)19(10-11-23(20)13-29-23)30-22(26)24-17(12-27-6)15(3)4;1-2/h8,15-21,25H,9-13H2,1-7H3,(H,24,26);1-2H3/t16?,17-,18+,19?,20?,21?,23-;/m0./s1. The molecular weight excluding hydrogens is 410 g/mol. The number of methoxy groups -OCH3 is 2. The first kappa shape index (κ1) is 28.9. The van der Waals surface area contributed by atoms with Crippen LogP contribution in [0.15, 0.2) is 11.6 Å². The molecule has 0 aromatic rings. The summed E-state index contributed by atoms with van der Waals surface area (Å²) in [4.78, 5) is 12.6. The van der Waals surface area contributed by atoms with E-state index in [0.29, 0.717) is 26.1 Å². The highest BCUT2D eigenvalue weighted by Gasteiger charge is 2.61. The van der Waals surface area contributed by atoms with Gasteiger partial charge in [0.25, 0.3) is 0 Å². The van der Waals surface area contributed by atoms with E-state index < -0.39 is 12.2 Å². The second-order valence-corrected chi connectivity index (χ2v) is 9.46. The smallest absolute Gasteiger partial charge is 0.407 e. The molecule has 0 radical (unpaired) electrons. The van der Waals surface area contributed by atoms with Gasteiger partial charge in [-0.2, -0.15) is 0 Å². The number of rotatable bonds is 10. The van der Waals surface area contributed by atoms with Crippen LogP contribution in [-0.4, -0.2) is 68.6 Å². The number of carbonyl (C=O) groups is 1. The van der Waals surface area contributed by atoms with E-state index >= 15 is 0 Å². The van der Waals surface area contributed by atoms with E-state index in [9.17, 15) is 9.90 Å². The maximum Gasteiger partial charge on any atom is 0.407 e. The van der Waals surface area contributed by atoms with Crippen LogP contribution in [0.2, 0.25) is 0 Å². The number of alkyl carbamates (subject to hydrolysis) is 1. The monoisotopic (exact) mass is 457 g/mol. The molecule has 1 aliphatic carbocycles. The molecule has 1 saturated carbocycles. The first-order valence-corrected chi connectivity index (χ1v) is 12.1. The average Bonchev–Trinajstić information content (AvgIpc) is 3.53. The molecule has 1 saturated heterocycles. The Hall–Kier alpha value is -1.15. The summed E-state index contributed by atoms with van der Waals surface area (Å²) in [7, 11) is 3.26. The summed E-state index contributed by atoms with van der Waals surface area (Å²) in [5.74, 6) is 0.122. The Balaban J connectivity index is 0.00000249. The van der Waals surface area contributed by atoms with Gasteiger partial charge in [-0.3, -0.25) is 0 Å². The van der Waals surface area contributed by atoms with Crippen LogP contribution in [0.5, 0.6) is 0 Å². The zero-order valence-electron chi connectivity index (χ0n) is 21.6. The molecule has 1 heterocycles. The molecule has 1 aliphatic heterocycles. The van der Waals surface area contributed by atoms with E-state index in [2.05, 4.69) is 11.4 Å². The Kier molecular flexibility index (Phi) is 12.2. The molecule has 188 valence electrons. The van der Waals surface area contributed by atoms with Gasteiger partial charge in [0.1, 0.15) is 12.2 Å².